The molecule has 1 aromatic heterocycles. The molecule has 0 spiro atoms. The topological polar surface area (TPSA) is 325 Å². The second kappa shape index (κ2) is 27.0. The summed E-state index contributed by atoms with van der Waals surface area (Å²) in [5.41, 5.74) is 1.36. The number of aliphatic imine (C=N–C) groups is 1. The second-order valence-electron chi connectivity index (χ2n) is 15.1. The summed E-state index contributed by atoms with van der Waals surface area (Å²) in [5, 5.41) is 70.1. The summed E-state index contributed by atoms with van der Waals surface area (Å²) in [5.74, 6) is -5.76. The normalized spacial score (nSPS) is 18.7. The summed E-state index contributed by atoms with van der Waals surface area (Å²) in [6.07, 6.45) is -3.82. The van der Waals surface area contributed by atoms with E-state index in [-0.39, 0.29) is 49.9 Å². The lowest BCUT2D eigenvalue weighted by molar-refractivity contribution is -0.688. The van der Waals surface area contributed by atoms with Gasteiger partial charge in [0.15, 0.2) is 31.2 Å². The number of aliphatic hydroxyl groups is 3. The number of carboxylic acids is 2. The number of aromatic nitrogens is 1. The Morgan fingerprint density at radius 3 is 2.19 bits per heavy atom. The van der Waals surface area contributed by atoms with Gasteiger partial charge in [0.05, 0.1) is 18.0 Å². The van der Waals surface area contributed by atoms with Gasteiger partial charge in [-0.15, -0.1) is 0 Å². The molecule has 1 saturated heterocycles. The molecule has 2 aliphatic heterocycles. The number of pyridine rings is 1. The Hall–Kier alpha value is -7.37. The van der Waals surface area contributed by atoms with Gasteiger partial charge in [-0.05, 0) is 61.7 Å². The first-order valence-corrected chi connectivity index (χ1v) is 21.6. The summed E-state index contributed by atoms with van der Waals surface area (Å²) >= 11 is 5.91. The predicted molar refractivity (Wildman–Crippen MR) is 235 cm³/mol. The van der Waals surface area contributed by atoms with Crippen LogP contribution in [0, 0.1) is 11.5 Å². The number of ether oxygens (including phenoxy) is 3. The molecule has 376 valence electrons. The Bertz CT molecular complexity index is 2390. The van der Waals surface area contributed by atoms with Crippen molar-refractivity contribution < 1.29 is 86.2 Å². The number of hydrogen-bond acceptors (Lipinski definition) is 15. The number of carboxylic acid groups (broad SMARTS) is 2. The van der Waals surface area contributed by atoms with Crippen molar-refractivity contribution in [2.24, 2.45) is 4.99 Å². The molecule has 5 atom stereocenters. The average Bonchev–Trinajstić information content (AvgIpc) is 3.63. The van der Waals surface area contributed by atoms with Gasteiger partial charge in [-0.1, -0.05) is 18.0 Å². The summed E-state index contributed by atoms with van der Waals surface area (Å²) in [6.45, 7) is 1.12. The number of carbonyl (C=O) groups is 6. The van der Waals surface area contributed by atoms with Crippen molar-refractivity contribution in [2.75, 3.05) is 36.9 Å². The van der Waals surface area contributed by atoms with Gasteiger partial charge in [0, 0.05) is 67.3 Å². The molecule has 0 saturated carbocycles. The monoisotopic (exact) mass is 1000 g/mol. The maximum atomic E-state index is 13.1. The zero-order valence-corrected chi connectivity index (χ0v) is 37.6. The van der Waals surface area contributed by atoms with Crippen LogP contribution in [-0.4, -0.2) is 130 Å². The quantitative estimate of drug-likeness (QED) is 0.0137. The van der Waals surface area contributed by atoms with E-state index < -0.39 is 72.4 Å². The maximum Gasteiger partial charge on any atom is 0.430 e. The Balaban J connectivity index is 0.00000141. The number of carbonyl (C=O) groups excluding carboxylic acids is 5. The van der Waals surface area contributed by atoms with Gasteiger partial charge in [0.25, 0.3) is 11.8 Å². The van der Waals surface area contributed by atoms with E-state index >= 15 is 0 Å². The number of guanidine groups is 1. The molecule has 70 heavy (non-hydrogen) atoms. The summed E-state index contributed by atoms with van der Waals surface area (Å²) in [7, 11) is 0. The summed E-state index contributed by atoms with van der Waals surface area (Å²) in [6, 6.07) is 15.4. The van der Waals surface area contributed by atoms with Crippen LogP contribution in [0.25, 0.3) is 0 Å². The highest BCUT2D eigenvalue weighted by Gasteiger charge is 2.48. The van der Waals surface area contributed by atoms with Crippen LogP contribution >= 0.6 is 11.6 Å². The Morgan fingerprint density at radius 1 is 0.900 bits per heavy atom. The Morgan fingerprint density at radius 2 is 1.56 bits per heavy atom. The van der Waals surface area contributed by atoms with E-state index in [4.69, 9.17) is 35.7 Å². The average molecular weight is 1010 g/mol. The van der Waals surface area contributed by atoms with E-state index in [0.717, 1.165) is 48.5 Å². The van der Waals surface area contributed by atoms with Gasteiger partial charge in [-0.25, -0.2) is 9.36 Å². The Labute approximate surface area is 401 Å². The van der Waals surface area contributed by atoms with E-state index in [0.29, 0.717) is 29.4 Å². The highest BCUT2D eigenvalue weighted by molar-refractivity contribution is 6.30. The van der Waals surface area contributed by atoms with Crippen LogP contribution in [0.15, 0.2) is 84.1 Å². The molecule has 26 heteroatoms. The fraction of sp³-hybridized carbons (Fsp3) is 0.386. The molecular formula is C44H48ClF3N8O14. The summed E-state index contributed by atoms with van der Waals surface area (Å²) < 4.78 is 50.1. The SMILES string of the molecule is N#CNC(=NCCCCCCOc1ccc(Cl)cc1)Nc1cc[n+](Cc2ccc(O[C@@H]3O[C@H](C(=O)O)[C@@H](O)[C@H](O)[C@H]3O)c(NC(=O)CCNC(=O)CCN3C(=O)C=CC3=O)c2)cc1.O=C([O-])C(F)(F)F. The van der Waals surface area contributed by atoms with Gasteiger partial charge in [-0.3, -0.25) is 34.4 Å². The standard InChI is InChI=1S/C42H47ClN8O12.C2HF3O2/c43-27-6-8-29(9-7-27)61-22-4-2-1-3-17-46-42(47-25-44)48-28-14-19-50(20-15-28)24-26-5-10-31(62-41-38(58)36(56)37(57)39(63-41)40(59)60)30(23-26)49-33(53)13-18-45-32(52)16-21-51-34(54)11-12-35(51)55;3-2(4,5)1(6)7/h5-12,14-15,19-20,23,36-39,41,56-58H,1-4,13,16-18,21-22,24H2,(H4,45,46,47,49,52,53,59,60);(H,6,7)/t36-,37-,38+,39-,41+;/m0./s1. The molecule has 0 aliphatic carbocycles. The zero-order valence-electron chi connectivity index (χ0n) is 36.8. The lowest BCUT2D eigenvalue weighted by atomic mass is 9.99. The lowest BCUT2D eigenvalue weighted by Gasteiger charge is -2.38. The van der Waals surface area contributed by atoms with Crippen molar-refractivity contribution in [1.29, 1.82) is 5.26 Å². The molecule has 8 N–H and O–H groups in total. The zero-order chi connectivity index (χ0) is 51.4. The molecule has 2 aliphatic rings. The molecule has 1 fully saturated rings. The maximum absolute atomic E-state index is 13.1. The number of alkyl halides is 3. The van der Waals surface area contributed by atoms with Gasteiger partial charge >= 0.3 is 12.1 Å². The third-order valence-corrected chi connectivity index (χ3v) is 10.1. The highest BCUT2D eigenvalue weighted by Crippen LogP contribution is 2.31. The molecule has 0 radical (unpaired) electrons. The van der Waals surface area contributed by atoms with Crippen molar-refractivity contribution in [2.45, 2.75) is 82.0 Å². The van der Waals surface area contributed by atoms with Crippen molar-refractivity contribution in [3.05, 3.63) is 89.7 Å². The fourth-order valence-corrected chi connectivity index (χ4v) is 6.39. The van der Waals surface area contributed by atoms with Crippen LogP contribution in [0.5, 0.6) is 11.5 Å². The first-order chi connectivity index (χ1) is 33.2. The van der Waals surface area contributed by atoms with Gasteiger partial charge in [0.2, 0.25) is 24.1 Å². The minimum Gasteiger partial charge on any atom is -0.542 e. The number of aliphatic carboxylic acids is 2. The van der Waals surface area contributed by atoms with Crippen LogP contribution in [-0.2, 0) is 40.0 Å². The third kappa shape index (κ3) is 17.9. The lowest BCUT2D eigenvalue weighted by Crippen LogP contribution is -2.61. The van der Waals surface area contributed by atoms with E-state index in [1.165, 1.54) is 6.07 Å². The first-order valence-electron chi connectivity index (χ1n) is 21.2. The van der Waals surface area contributed by atoms with Gasteiger partial charge in [-0.2, -0.15) is 18.4 Å². The van der Waals surface area contributed by atoms with Crippen molar-refractivity contribution in [3.63, 3.8) is 0 Å². The second-order valence-corrected chi connectivity index (χ2v) is 15.5. The minimum absolute atomic E-state index is 0.0688. The first kappa shape index (κ1) is 55.2. The molecule has 2 aromatic carbocycles. The van der Waals surface area contributed by atoms with Crippen LogP contribution in [0.2, 0.25) is 5.02 Å². The molecule has 0 bridgehead atoms. The predicted octanol–water partition coefficient (Wildman–Crippen LogP) is 0.483. The fourth-order valence-electron chi connectivity index (χ4n) is 6.27. The van der Waals surface area contributed by atoms with E-state index in [1.54, 1.807) is 48.8 Å². The smallest absolute Gasteiger partial charge is 0.430 e. The largest absolute Gasteiger partial charge is 0.542 e. The number of rotatable bonds is 21. The number of nitrogens with one attached hydrogen (secondary N) is 4. The van der Waals surface area contributed by atoms with Crippen molar-refractivity contribution in [3.8, 4) is 17.7 Å². The van der Waals surface area contributed by atoms with Crippen molar-refractivity contribution in [1.82, 2.24) is 15.5 Å². The number of benzene rings is 2. The van der Waals surface area contributed by atoms with E-state index in [2.05, 4.69) is 26.3 Å². The number of nitrogens with zero attached hydrogens (tertiary/aromatic N) is 4. The van der Waals surface area contributed by atoms with E-state index in [9.17, 15) is 62.8 Å². The van der Waals surface area contributed by atoms with Crippen molar-refractivity contribution >= 4 is 64.5 Å². The van der Waals surface area contributed by atoms with E-state index in [1.807, 2.05) is 22.9 Å². The van der Waals surface area contributed by atoms with Gasteiger partial charge in [0.1, 0.15) is 35.8 Å². The number of unbranched alkanes of at least 4 members (excludes halogenated alkanes) is 3. The Kier molecular flexibility index (Phi) is 21.3. The number of aliphatic hydroxyl groups excluding tert-OH is 3. The van der Waals surface area contributed by atoms with Crippen LogP contribution < -0.4 is 40.4 Å². The molecule has 22 nitrogen and oxygen atoms in total. The summed E-state index contributed by atoms with van der Waals surface area (Å²) in [4.78, 5) is 74.8. The van der Waals surface area contributed by atoms with Crippen LogP contribution in [0.3, 0.4) is 0 Å². The molecule has 3 aromatic rings. The number of halogens is 4. The minimum atomic E-state index is -5.19. The number of nitriles is 1. The molecule has 5 rings (SSSR count). The highest BCUT2D eigenvalue weighted by atomic mass is 35.5. The number of imide groups is 1. The molecule has 3 heterocycles. The van der Waals surface area contributed by atoms with Crippen LogP contribution in [0.1, 0.15) is 44.1 Å². The number of hydrogen-bond donors (Lipinski definition) is 8. The molecule has 4 amide bonds. The number of anilines is 2. The number of amides is 4. The molecular weight excluding hydrogens is 957 g/mol. The van der Waals surface area contributed by atoms with Crippen LogP contribution in [0.4, 0.5) is 24.5 Å². The van der Waals surface area contributed by atoms with Gasteiger partial charge < -0.3 is 60.5 Å². The molecule has 0 unspecified atom stereocenters. The third-order valence-electron chi connectivity index (χ3n) is 9.84.